The Labute approximate surface area is 220 Å². The van der Waals surface area contributed by atoms with Crippen LogP contribution in [0.25, 0.3) is 0 Å². The SMILES string of the molecule is CCCCCCCCCC[PH](CCCCCCCCCC)(CCCCCCCCCC)C(C)C. The van der Waals surface area contributed by atoms with E-state index in [-0.39, 0.29) is 0 Å². The molecule has 1 heteroatoms. The van der Waals surface area contributed by atoms with Crippen molar-refractivity contribution in [2.24, 2.45) is 0 Å². The third kappa shape index (κ3) is 20.6. The van der Waals surface area contributed by atoms with Gasteiger partial charge in [0.05, 0.1) is 0 Å². The molecule has 0 heterocycles. The fourth-order valence-electron chi connectivity index (χ4n) is 6.07. The number of unbranched alkanes of at least 4 members (excludes halogenated alkanes) is 21. The fraction of sp³-hybridized carbons (Fsp3) is 1.00. The fourth-order valence-corrected chi connectivity index (χ4v) is 11.4. The van der Waals surface area contributed by atoms with Crippen molar-refractivity contribution in [3.05, 3.63) is 0 Å². The van der Waals surface area contributed by atoms with Gasteiger partial charge in [-0.1, -0.05) is 0 Å². The second-order valence-electron chi connectivity index (χ2n) is 12.2. The van der Waals surface area contributed by atoms with Crippen molar-refractivity contribution < 1.29 is 0 Å². The molecule has 0 bridgehead atoms. The summed E-state index contributed by atoms with van der Waals surface area (Å²) in [5.41, 5.74) is 0.992. The van der Waals surface area contributed by atoms with Crippen molar-refractivity contribution in [1.29, 1.82) is 0 Å². The minimum atomic E-state index is -1.12. The summed E-state index contributed by atoms with van der Waals surface area (Å²) in [5.74, 6) is 0. The average Bonchev–Trinajstić information content (AvgIpc) is 2.83. The van der Waals surface area contributed by atoms with Crippen LogP contribution in [0, 0.1) is 0 Å². The second-order valence-corrected chi connectivity index (χ2v) is 17.6. The molecule has 0 spiro atoms. The molecule has 0 atom stereocenters. The van der Waals surface area contributed by atoms with Crippen LogP contribution in [0.1, 0.15) is 189 Å². The summed E-state index contributed by atoms with van der Waals surface area (Å²) in [4.78, 5) is 0. The van der Waals surface area contributed by atoms with E-state index in [1.54, 1.807) is 37.7 Å². The quantitative estimate of drug-likeness (QED) is 0.0743. The van der Waals surface area contributed by atoms with E-state index in [0.29, 0.717) is 0 Å². The molecule has 0 aliphatic rings. The van der Waals surface area contributed by atoms with Crippen LogP contribution >= 0.6 is 7.26 Å². The molecule has 208 valence electrons. The molecule has 0 aromatic carbocycles. The summed E-state index contributed by atoms with van der Waals surface area (Å²) < 4.78 is 0. The summed E-state index contributed by atoms with van der Waals surface area (Å²) >= 11 is 0. The van der Waals surface area contributed by atoms with Gasteiger partial charge in [-0.3, -0.25) is 0 Å². The Morgan fingerprint density at radius 2 is 0.529 bits per heavy atom. The number of hydrogen-bond donors (Lipinski definition) is 0. The molecule has 0 aliphatic heterocycles. The number of rotatable bonds is 28. The Kier molecular flexibility index (Phi) is 26.8. The Bertz CT molecular complexity index is 324. The van der Waals surface area contributed by atoms with Gasteiger partial charge in [0.25, 0.3) is 0 Å². The van der Waals surface area contributed by atoms with E-state index in [0.717, 1.165) is 5.66 Å². The molecule has 34 heavy (non-hydrogen) atoms. The first-order valence-electron chi connectivity index (χ1n) is 16.6. The van der Waals surface area contributed by atoms with Crippen molar-refractivity contribution in [3.63, 3.8) is 0 Å². The van der Waals surface area contributed by atoms with E-state index in [1.165, 1.54) is 135 Å². The van der Waals surface area contributed by atoms with Crippen molar-refractivity contribution in [1.82, 2.24) is 0 Å². The Balaban J connectivity index is 4.41. The van der Waals surface area contributed by atoms with Crippen molar-refractivity contribution in [2.75, 3.05) is 18.5 Å². The van der Waals surface area contributed by atoms with E-state index in [1.807, 2.05) is 0 Å². The van der Waals surface area contributed by atoms with Gasteiger partial charge in [-0.25, -0.2) is 0 Å². The normalized spacial score (nSPS) is 12.6. The van der Waals surface area contributed by atoms with E-state index in [9.17, 15) is 0 Å². The molecule has 0 fully saturated rings. The third-order valence-corrected chi connectivity index (χ3v) is 15.3. The molecular formula is C33H71P. The minimum absolute atomic E-state index is 0.992. The zero-order chi connectivity index (χ0) is 25.2. The van der Waals surface area contributed by atoms with Gasteiger partial charge in [-0.15, -0.1) is 0 Å². The summed E-state index contributed by atoms with van der Waals surface area (Å²) in [7, 11) is -1.12. The van der Waals surface area contributed by atoms with E-state index < -0.39 is 7.26 Å². The number of hydrogen-bond acceptors (Lipinski definition) is 0. The molecule has 0 aromatic rings. The summed E-state index contributed by atoms with van der Waals surface area (Å²) in [6.45, 7) is 12.2. The Morgan fingerprint density at radius 1 is 0.324 bits per heavy atom. The zero-order valence-corrected chi connectivity index (χ0v) is 26.2. The zero-order valence-electron chi connectivity index (χ0n) is 25.2. The predicted octanol–water partition coefficient (Wildman–Crippen LogP) is 12.6. The molecule has 0 rings (SSSR count). The molecule has 0 aliphatic carbocycles. The van der Waals surface area contributed by atoms with Crippen LogP contribution in [0.3, 0.4) is 0 Å². The van der Waals surface area contributed by atoms with Gasteiger partial charge in [0.2, 0.25) is 0 Å². The summed E-state index contributed by atoms with van der Waals surface area (Å²) in [6, 6.07) is 0. The first-order valence-corrected chi connectivity index (χ1v) is 19.3. The maximum atomic E-state index is 2.62. The van der Waals surface area contributed by atoms with Crippen LogP contribution < -0.4 is 0 Å². The molecule has 0 nitrogen and oxygen atoms in total. The van der Waals surface area contributed by atoms with Crippen molar-refractivity contribution >= 4 is 7.26 Å². The first-order chi connectivity index (χ1) is 16.6. The third-order valence-electron chi connectivity index (χ3n) is 8.81. The van der Waals surface area contributed by atoms with Crippen LogP contribution in [-0.4, -0.2) is 24.1 Å². The molecule has 0 aromatic heterocycles. The standard InChI is InChI=1S/C33H71P/c1-6-9-12-15-18-21-24-27-30-34(33(4)5,31-28-25-22-19-16-13-10-7-2)32-29-26-23-20-17-14-11-8-3/h33-34H,6-32H2,1-5H3. The van der Waals surface area contributed by atoms with Crippen molar-refractivity contribution in [2.45, 2.75) is 194 Å². The van der Waals surface area contributed by atoms with E-state index >= 15 is 0 Å². The van der Waals surface area contributed by atoms with Gasteiger partial charge in [0.1, 0.15) is 0 Å². The Hall–Kier alpha value is 0.430. The van der Waals surface area contributed by atoms with Crippen molar-refractivity contribution in [3.8, 4) is 0 Å². The van der Waals surface area contributed by atoms with Gasteiger partial charge in [-0.05, 0) is 0 Å². The molecule has 0 amide bonds. The molecular weight excluding hydrogens is 427 g/mol. The topological polar surface area (TPSA) is 0 Å². The summed E-state index contributed by atoms with van der Waals surface area (Å²) in [5, 5.41) is 0. The van der Waals surface area contributed by atoms with Crippen LogP contribution in [0.15, 0.2) is 0 Å². The monoisotopic (exact) mass is 499 g/mol. The van der Waals surface area contributed by atoms with Gasteiger partial charge < -0.3 is 0 Å². The molecule has 0 saturated carbocycles. The molecule has 0 radical (unpaired) electrons. The average molecular weight is 499 g/mol. The van der Waals surface area contributed by atoms with Crippen LogP contribution in [0.4, 0.5) is 0 Å². The molecule has 0 saturated heterocycles. The van der Waals surface area contributed by atoms with Gasteiger partial charge in [0, 0.05) is 0 Å². The molecule has 0 unspecified atom stereocenters. The first kappa shape index (κ1) is 34.4. The van der Waals surface area contributed by atoms with Gasteiger partial charge in [-0.2, -0.15) is 0 Å². The van der Waals surface area contributed by atoms with E-state index in [2.05, 4.69) is 34.6 Å². The van der Waals surface area contributed by atoms with Crippen LogP contribution in [0.2, 0.25) is 0 Å². The predicted molar refractivity (Wildman–Crippen MR) is 166 cm³/mol. The summed E-state index contributed by atoms with van der Waals surface area (Å²) in [6.07, 6.45) is 40.4. The van der Waals surface area contributed by atoms with E-state index in [4.69, 9.17) is 0 Å². The Morgan fingerprint density at radius 3 is 0.735 bits per heavy atom. The van der Waals surface area contributed by atoms with Crippen LogP contribution in [0.5, 0.6) is 0 Å². The van der Waals surface area contributed by atoms with Gasteiger partial charge >= 0.3 is 220 Å². The molecule has 0 N–H and O–H groups in total. The second kappa shape index (κ2) is 26.5. The van der Waals surface area contributed by atoms with Gasteiger partial charge in [0.15, 0.2) is 0 Å². The maximum absolute atomic E-state index is 2.62. The van der Waals surface area contributed by atoms with Crippen LogP contribution in [-0.2, 0) is 0 Å².